The third-order valence-electron chi connectivity index (χ3n) is 3.54. The van der Waals surface area contributed by atoms with Gasteiger partial charge in [0.15, 0.2) is 5.13 Å². The smallest absolute Gasteiger partial charge is 0.185 e. The van der Waals surface area contributed by atoms with Crippen LogP contribution in [0.15, 0.2) is 5.38 Å². The highest BCUT2D eigenvalue weighted by molar-refractivity contribution is 7.13. The Morgan fingerprint density at radius 3 is 3.17 bits per heavy atom. The quantitative estimate of drug-likeness (QED) is 0.882. The predicted molar refractivity (Wildman–Crippen MR) is 78.4 cm³/mol. The molecular weight excluding hydrogens is 244 g/mol. The summed E-state index contributed by atoms with van der Waals surface area (Å²) >= 11 is 1.76. The van der Waals surface area contributed by atoms with Crippen molar-refractivity contribution in [3.8, 4) is 0 Å². The Hall–Kier alpha value is -0.650. The van der Waals surface area contributed by atoms with Gasteiger partial charge in [-0.15, -0.1) is 11.3 Å². The van der Waals surface area contributed by atoms with E-state index in [2.05, 4.69) is 41.5 Å². The van der Waals surface area contributed by atoms with Crippen molar-refractivity contribution in [1.29, 1.82) is 0 Å². The molecule has 2 heterocycles. The van der Waals surface area contributed by atoms with Crippen LogP contribution in [0.3, 0.4) is 0 Å². The fraction of sp³-hybridized carbons (Fsp3) is 0.769. The molecule has 0 radical (unpaired) electrons. The summed E-state index contributed by atoms with van der Waals surface area (Å²) in [6, 6.07) is 0.613. The van der Waals surface area contributed by atoms with Crippen molar-refractivity contribution in [2.45, 2.75) is 32.4 Å². The van der Waals surface area contributed by atoms with Gasteiger partial charge in [-0.25, -0.2) is 4.98 Å². The lowest BCUT2D eigenvalue weighted by atomic mass is 10.1. The third-order valence-corrected chi connectivity index (χ3v) is 4.52. The Balaban J connectivity index is 1.95. The number of likely N-dealkylation sites (N-methyl/N-ethyl adjacent to an activating group) is 2. The zero-order valence-electron chi connectivity index (χ0n) is 11.6. The first-order valence-electron chi connectivity index (χ1n) is 6.77. The number of anilines is 1. The minimum absolute atomic E-state index is 0.613. The minimum atomic E-state index is 0.613. The molecule has 1 aliphatic rings. The maximum absolute atomic E-state index is 4.71. The number of piperidine rings is 1. The highest BCUT2D eigenvalue weighted by Gasteiger charge is 2.22. The summed E-state index contributed by atoms with van der Waals surface area (Å²) < 4.78 is 0. The summed E-state index contributed by atoms with van der Waals surface area (Å²) in [5.74, 6) is 0. The molecule has 18 heavy (non-hydrogen) atoms. The molecule has 4 nitrogen and oxygen atoms in total. The number of hydrogen-bond acceptors (Lipinski definition) is 5. The van der Waals surface area contributed by atoms with Gasteiger partial charge in [-0.3, -0.25) is 0 Å². The highest BCUT2D eigenvalue weighted by atomic mass is 32.1. The zero-order chi connectivity index (χ0) is 13.0. The summed E-state index contributed by atoms with van der Waals surface area (Å²) in [4.78, 5) is 9.48. The third kappa shape index (κ3) is 3.43. The molecule has 1 N–H and O–H groups in total. The van der Waals surface area contributed by atoms with Crippen LogP contribution in [0.25, 0.3) is 0 Å². The normalized spacial score (nSPS) is 21.2. The Bertz CT molecular complexity index is 366. The van der Waals surface area contributed by atoms with E-state index < -0.39 is 0 Å². The number of nitrogens with one attached hydrogen (secondary N) is 1. The summed E-state index contributed by atoms with van der Waals surface area (Å²) in [5.41, 5.74) is 1.16. The van der Waals surface area contributed by atoms with Gasteiger partial charge >= 0.3 is 0 Å². The number of hydrogen-bond donors (Lipinski definition) is 1. The van der Waals surface area contributed by atoms with Crippen molar-refractivity contribution >= 4 is 16.5 Å². The van der Waals surface area contributed by atoms with Gasteiger partial charge in [0, 0.05) is 31.6 Å². The van der Waals surface area contributed by atoms with E-state index in [1.54, 1.807) is 11.3 Å². The molecule has 1 atom stereocenters. The van der Waals surface area contributed by atoms with Gasteiger partial charge in [-0.1, -0.05) is 6.92 Å². The minimum Gasteiger partial charge on any atom is -0.347 e. The Morgan fingerprint density at radius 2 is 2.44 bits per heavy atom. The number of nitrogens with zero attached hydrogens (tertiary/aromatic N) is 3. The number of thiazole rings is 1. The summed E-state index contributed by atoms with van der Waals surface area (Å²) in [5, 5.41) is 6.64. The van der Waals surface area contributed by atoms with E-state index in [0.717, 1.165) is 30.5 Å². The van der Waals surface area contributed by atoms with Gasteiger partial charge in [0.2, 0.25) is 0 Å². The second-order valence-corrected chi connectivity index (χ2v) is 5.91. The first-order chi connectivity index (χ1) is 8.70. The SMILES string of the molecule is CCNCc1csc(N(C)C2CCCN(C)C2)n1. The van der Waals surface area contributed by atoms with E-state index in [1.165, 1.54) is 19.4 Å². The molecular formula is C13H24N4S. The monoisotopic (exact) mass is 268 g/mol. The van der Waals surface area contributed by atoms with Gasteiger partial charge in [0.1, 0.15) is 0 Å². The molecule has 2 rings (SSSR count). The second kappa shape index (κ2) is 6.50. The lowest BCUT2D eigenvalue weighted by Gasteiger charge is -2.35. The summed E-state index contributed by atoms with van der Waals surface area (Å²) in [6.07, 6.45) is 2.57. The number of aromatic nitrogens is 1. The van der Waals surface area contributed by atoms with Crippen molar-refractivity contribution in [3.05, 3.63) is 11.1 Å². The van der Waals surface area contributed by atoms with E-state index >= 15 is 0 Å². The van der Waals surface area contributed by atoms with Crippen LogP contribution in [0.4, 0.5) is 5.13 Å². The standard InChI is InChI=1S/C13H24N4S/c1-4-14-8-11-10-18-13(15-11)17(3)12-6-5-7-16(2)9-12/h10,12,14H,4-9H2,1-3H3. The molecule has 102 valence electrons. The molecule has 1 aliphatic heterocycles. The van der Waals surface area contributed by atoms with Gasteiger partial charge in [-0.05, 0) is 33.0 Å². The van der Waals surface area contributed by atoms with Gasteiger partial charge in [-0.2, -0.15) is 0 Å². The Labute approximate surface area is 114 Å². The molecule has 1 unspecified atom stereocenters. The van der Waals surface area contributed by atoms with E-state index in [-0.39, 0.29) is 0 Å². The van der Waals surface area contributed by atoms with Crippen LogP contribution >= 0.6 is 11.3 Å². The molecule has 0 bridgehead atoms. The first-order valence-corrected chi connectivity index (χ1v) is 7.65. The van der Waals surface area contributed by atoms with E-state index in [9.17, 15) is 0 Å². The molecule has 1 fully saturated rings. The first kappa shape index (κ1) is 13.8. The average molecular weight is 268 g/mol. The molecule has 1 saturated heterocycles. The number of rotatable bonds is 5. The van der Waals surface area contributed by atoms with E-state index in [4.69, 9.17) is 4.98 Å². The van der Waals surface area contributed by atoms with Crippen LogP contribution in [0.5, 0.6) is 0 Å². The van der Waals surface area contributed by atoms with Gasteiger partial charge in [0.05, 0.1) is 5.69 Å². The molecule has 0 aromatic carbocycles. The Kier molecular flexibility index (Phi) is 4.97. The van der Waals surface area contributed by atoms with Crippen LogP contribution in [0.1, 0.15) is 25.5 Å². The topological polar surface area (TPSA) is 31.4 Å². The van der Waals surface area contributed by atoms with Crippen molar-refractivity contribution in [2.24, 2.45) is 0 Å². The molecule has 0 aliphatic carbocycles. The van der Waals surface area contributed by atoms with Crippen molar-refractivity contribution in [3.63, 3.8) is 0 Å². The lowest BCUT2D eigenvalue weighted by Crippen LogP contribution is -2.45. The summed E-state index contributed by atoms with van der Waals surface area (Å²) in [7, 11) is 4.39. The number of likely N-dealkylation sites (tertiary alicyclic amines) is 1. The maximum Gasteiger partial charge on any atom is 0.185 e. The highest BCUT2D eigenvalue weighted by Crippen LogP contribution is 2.24. The van der Waals surface area contributed by atoms with Crippen molar-refractivity contribution in [2.75, 3.05) is 38.6 Å². The van der Waals surface area contributed by atoms with Crippen LogP contribution in [0, 0.1) is 0 Å². The molecule has 1 aromatic heterocycles. The second-order valence-electron chi connectivity index (χ2n) is 5.07. The van der Waals surface area contributed by atoms with Gasteiger partial charge < -0.3 is 15.1 Å². The zero-order valence-corrected chi connectivity index (χ0v) is 12.5. The van der Waals surface area contributed by atoms with Crippen LogP contribution in [-0.2, 0) is 6.54 Å². The van der Waals surface area contributed by atoms with Crippen molar-refractivity contribution < 1.29 is 0 Å². The Morgan fingerprint density at radius 1 is 1.61 bits per heavy atom. The predicted octanol–water partition coefficient (Wildman–Crippen LogP) is 1.78. The van der Waals surface area contributed by atoms with Crippen molar-refractivity contribution in [1.82, 2.24) is 15.2 Å². The molecule has 5 heteroatoms. The lowest BCUT2D eigenvalue weighted by molar-refractivity contribution is 0.248. The van der Waals surface area contributed by atoms with E-state index in [1.807, 2.05) is 0 Å². The largest absolute Gasteiger partial charge is 0.347 e. The average Bonchev–Trinajstić information content (AvgIpc) is 2.84. The van der Waals surface area contributed by atoms with Crippen LogP contribution < -0.4 is 10.2 Å². The van der Waals surface area contributed by atoms with Crippen LogP contribution in [0.2, 0.25) is 0 Å². The molecule has 0 spiro atoms. The summed E-state index contributed by atoms with van der Waals surface area (Å²) in [6.45, 7) is 6.38. The maximum atomic E-state index is 4.71. The molecule has 1 aromatic rings. The molecule has 0 saturated carbocycles. The van der Waals surface area contributed by atoms with Crippen LogP contribution in [-0.4, -0.2) is 49.7 Å². The van der Waals surface area contributed by atoms with E-state index in [0.29, 0.717) is 6.04 Å². The molecule has 0 amide bonds. The fourth-order valence-electron chi connectivity index (χ4n) is 2.40. The van der Waals surface area contributed by atoms with Gasteiger partial charge in [0.25, 0.3) is 0 Å². The fourth-order valence-corrected chi connectivity index (χ4v) is 3.27.